The lowest BCUT2D eigenvalue weighted by molar-refractivity contribution is 0.527. The summed E-state index contributed by atoms with van der Waals surface area (Å²) in [6, 6.07) is 2.22. The van der Waals surface area contributed by atoms with Gasteiger partial charge in [0.25, 0.3) is 0 Å². The van der Waals surface area contributed by atoms with Crippen LogP contribution in [0.3, 0.4) is 0 Å². The lowest BCUT2D eigenvalue weighted by Crippen LogP contribution is -2.18. The zero-order valence-corrected chi connectivity index (χ0v) is 11.1. The number of hydrogen-bond donors (Lipinski definition) is 3. The van der Waals surface area contributed by atoms with Gasteiger partial charge in [-0.25, -0.2) is 15.8 Å². The molecule has 1 aromatic rings. The third-order valence-corrected chi connectivity index (χ3v) is 2.56. The van der Waals surface area contributed by atoms with Crippen LogP contribution in [0, 0.1) is 12.8 Å². The van der Waals surface area contributed by atoms with E-state index in [4.69, 9.17) is 5.84 Å². The van der Waals surface area contributed by atoms with Crippen molar-refractivity contribution in [2.45, 2.75) is 46.6 Å². The van der Waals surface area contributed by atoms with Crippen molar-refractivity contribution in [2.24, 2.45) is 11.8 Å². The van der Waals surface area contributed by atoms with E-state index < -0.39 is 0 Å². The third-order valence-electron chi connectivity index (χ3n) is 2.56. The molecule has 17 heavy (non-hydrogen) atoms. The average Bonchev–Trinajstić information content (AvgIpc) is 2.25. The molecule has 0 saturated heterocycles. The summed E-state index contributed by atoms with van der Waals surface area (Å²) >= 11 is 0. The predicted molar refractivity (Wildman–Crippen MR) is 71.7 cm³/mol. The maximum Gasteiger partial charge on any atom is 0.145 e. The van der Waals surface area contributed by atoms with Crippen molar-refractivity contribution in [2.75, 3.05) is 10.7 Å². The highest BCUT2D eigenvalue weighted by Gasteiger charge is 2.06. The monoisotopic (exact) mass is 237 g/mol. The van der Waals surface area contributed by atoms with E-state index in [1.807, 2.05) is 13.0 Å². The van der Waals surface area contributed by atoms with Gasteiger partial charge in [0.1, 0.15) is 17.5 Å². The van der Waals surface area contributed by atoms with E-state index in [0.29, 0.717) is 17.7 Å². The number of nitrogens with two attached hydrogens (primary N) is 1. The minimum absolute atomic E-state index is 0.400. The van der Waals surface area contributed by atoms with Gasteiger partial charge in [-0.05, 0) is 32.6 Å². The summed E-state index contributed by atoms with van der Waals surface area (Å²) in [5, 5.41) is 3.37. The first-order chi connectivity index (χ1) is 8.01. The van der Waals surface area contributed by atoms with Gasteiger partial charge in [0.15, 0.2) is 0 Å². The largest absolute Gasteiger partial charge is 0.367 e. The fourth-order valence-corrected chi connectivity index (χ4v) is 1.62. The smallest absolute Gasteiger partial charge is 0.145 e. The number of aryl methyl sites for hydroxylation is 1. The predicted octanol–water partition coefficient (Wildman–Crippen LogP) is 2.31. The molecule has 0 spiro atoms. The fraction of sp³-hybridized carbons (Fsp3) is 0.667. The SMILES string of the molecule is Cc1nc(NN)cc(NC(C)CCC(C)C)n1. The minimum Gasteiger partial charge on any atom is -0.367 e. The van der Waals surface area contributed by atoms with E-state index in [-0.39, 0.29) is 0 Å². The number of nitrogens with one attached hydrogen (secondary N) is 2. The van der Waals surface area contributed by atoms with Crippen molar-refractivity contribution in [3.8, 4) is 0 Å². The summed E-state index contributed by atoms with van der Waals surface area (Å²) < 4.78 is 0. The molecule has 1 atom stereocenters. The van der Waals surface area contributed by atoms with Crippen LogP contribution < -0.4 is 16.6 Å². The molecule has 0 radical (unpaired) electrons. The molecule has 0 fully saturated rings. The van der Waals surface area contributed by atoms with Crippen molar-refractivity contribution in [1.29, 1.82) is 0 Å². The van der Waals surface area contributed by atoms with Gasteiger partial charge in [-0.2, -0.15) is 0 Å². The topological polar surface area (TPSA) is 75.9 Å². The molecule has 1 aromatic heterocycles. The Labute approximate surface area is 103 Å². The molecule has 0 aromatic carbocycles. The Morgan fingerprint density at radius 1 is 1.18 bits per heavy atom. The molecule has 0 aliphatic heterocycles. The molecule has 1 unspecified atom stereocenters. The first kappa shape index (κ1) is 13.7. The van der Waals surface area contributed by atoms with Gasteiger partial charge in [-0.1, -0.05) is 13.8 Å². The Balaban J connectivity index is 2.58. The molecule has 5 heteroatoms. The van der Waals surface area contributed by atoms with E-state index in [0.717, 1.165) is 18.2 Å². The molecule has 1 heterocycles. The molecule has 4 N–H and O–H groups in total. The molecule has 0 aliphatic carbocycles. The molecule has 0 aliphatic rings. The second-order valence-electron chi connectivity index (χ2n) is 4.85. The standard InChI is InChI=1S/C12H23N5/c1-8(2)5-6-9(3)14-11-7-12(17-13)16-10(4)15-11/h7-9H,5-6,13H2,1-4H3,(H2,14,15,16,17). The highest BCUT2D eigenvalue weighted by Crippen LogP contribution is 2.14. The summed E-state index contributed by atoms with van der Waals surface area (Å²) in [6.07, 6.45) is 2.34. The molecule has 0 bridgehead atoms. The van der Waals surface area contributed by atoms with Crippen LogP contribution in [0.4, 0.5) is 11.6 Å². The number of aromatic nitrogens is 2. The summed E-state index contributed by atoms with van der Waals surface area (Å²) in [7, 11) is 0. The van der Waals surface area contributed by atoms with Gasteiger partial charge < -0.3 is 10.7 Å². The average molecular weight is 237 g/mol. The van der Waals surface area contributed by atoms with E-state index in [9.17, 15) is 0 Å². The summed E-state index contributed by atoms with van der Waals surface area (Å²) in [6.45, 7) is 8.48. The normalized spacial score (nSPS) is 12.6. The van der Waals surface area contributed by atoms with E-state index in [1.54, 1.807) is 0 Å². The molecule has 0 saturated carbocycles. The Bertz CT molecular complexity index is 351. The minimum atomic E-state index is 0.400. The quantitative estimate of drug-likeness (QED) is 0.523. The van der Waals surface area contributed by atoms with Gasteiger partial charge in [-0.15, -0.1) is 0 Å². The molecule has 96 valence electrons. The Morgan fingerprint density at radius 3 is 2.41 bits per heavy atom. The molecule has 5 nitrogen and oxygen atoms in total. The lowest BCUT2D eigenvalue weighted by atomic mass is 10.0. The van der Waals surface area contributed by atoms with Crippen molar-refractivity contribution < 1.29 is 0 Å². The van der Waals surface area contributed by atoms with Crippen LogP contribution in [0.5, 0.6) is 0 Å². The lowest BCUT2D eigenvalue weighted by Gasteiger charge is -2.16. The second-order valence-corrected chi connectivity index (χ2v) is 4.85. The molecular weight excluding hydrogens is 214 g/mol. The Morgan fingerprint density at radius 2 is 1.82 bits per heavy atom. The van der Waals surface area contributed by atoms with Crippen LogP contribution in [-0.2, 0) is 0 Å². The number of nitrogens with zero attached hydrogens (tertiary/aromatic N) is 2. The zero-order valence-electron chi connectivity index (χ0n) is 11.1. The van der Waals surface area contributed by atoms with E-state index >= 15 is 0 Å². The van der Waals surface area contributed by atoms with Crippen LogP contribution in [-0.4, -0.2) is 16.0 Å². The molecular formula is C12H23N5. The first-order valence-corrected chi connectivity index (χ1v) is 6.10. The maximum absolute atomic E-state index is 5.35. The van der Waals surface area contributed by atoms with Gasteiger partial charge in [0.2, 0.25) is 0 Å². The van der Waals surface area contributed by atoms with Crippen molar-refractivity contribution in [3.63, 3.8) is 0 Å². The van der Waals surface area contributed by atoms with Gasteiger partial charge in [0, 0.05) is 12.1 Å². The van der Waals surface area contributed by atoms with Gasteiger partial charge in [0.05, 0.1) is 0 Å². The van der Waals surface area contributed by atoms with Crippen molar-refractivity contribution in [3.05, 3.63) is 11.9 Å². The summed E-state index contributed by atoms with van der Waals surface area (Å²) in [4.78, 5) is 8.48. The maximum atomic E-state index is 5.35. The third kappa shape index (κ3) is 4.99. The van der Waals surface area contributed by atoms with Crippen LogP contribution in [0.2, 0.25) is 0 Å². The summed E-state index contributed by atoms with van der Waals surface area (Å²) in [5.74, 6) is 8.24. The number of nitrogen functional groups attached to an aromatic ring is 1. The first-order valence-electron chi connectivity index (χ1n) is 6.10. The van der Waals surface area contributed by atoms with Crippen LogP contribution in [0.25, 0.3) is 0 Å². The van der Waals surface area contributed by atoms with Gasteiger partial charge >= 0.3 is 0 Å². The van der Waals surface area contributed by atoms with Gasteiger partial charge in [-0.3, -0.25) is 0 Å². The van der Waals surface area contributed by atoms with E-state index in [2.05, 4.69) is 41.5 Å². The van der Waals surface area contributed by atoms with Crippen LogP contribution >= 0.6 is 0 Å². The van der Waals surface area contributed by atoms with Crippen LogP contribution in [0.1, 0.15) is 39.4 Å². The fourth-order valence-electron chi connectivity index (χ4n) is 1.62. The van der Waals surface area contributed by atoms with Crippen LogP contribution in [0.15, 0.2) is 6.07 Å². The molecule has 1 rings (SSSR count). The highest BCUT2D eigenvalue weighted by atomic mass is 15.3. The Hall–Kier alpha value is -1.36. The van der Waals surface area contributed by atoms with E-state index in [1.165, 1.54) is 6.42 Å². The van der Waals surface area contributed by atoms with Crippen molar-refractivity contribution >= 4 is 11.6 Å². The summed E-state index contributed by atoms with van der Waals surface area (Å²) in [5.41, 5.74) is 2.54. The second kappa shape index (κ2) is 6.39. The zero-order chi connectivity index (χ0) is 12.8. The number of anilines is 2. The highest BCUT2D eigenvalue weighted by molar-refractivity contribution is 5.47. The number of hydrazine groups is 1. The Kier molecular flexibility index (Phi) is 5.15. The number of hydrogen-bond acceptors (Lipinski definition) is 5. The number of rotatable bonds is 6. The molecule has 0 amide bonds. The van der Waals surface area contributed by atoms with Crippen molar-refractivity contribution in [1.82, 2.24) is 9.97 Å².